The Morgan fingerprint density at radius 1 is 1.42 bits per heavy atom. The molecule has 68 valence electrons. The van der Waals surface area contributed by atoms with Crippen molar-refractivity contribution >= 4 is 21.6 Å². The van der Waals surface area contributed by atoms with Gasteiger partial charge < -0.3 is 4.42 Å². The second-order valence-electron chi connectivity index (χ2n) is 3.54. The quantitative estimate of drug-likeness (QED) is 0.689. The first-order valence-electron chi connectivity index (χ1n) is 3.91. The zero-order chi connectivity index (χ0) is 9.03. The van der Waals surface area contributed by atoms with Crippen molar-refractivity contribution in [3.05, 3.63) is 24.2 Å². The fourth-order valence-electron chi connectivity index (χ4n) is 0.659. The van der Waals surface area contributed by atoms with E-state index in [1.165, 1.54) is 0 Å². The Morgan fingerprint density at radius 3 is 2.67 bits per heavy atom. The summed E-state index contributed by atoms with van der Waals surface area (Å²) in [7, 11) is 3.73. The zero-order valence-corrected chi connectivity index (χ0v) is 9.30. The molecule has 1 rings (SSSR count). The van der Waals surface area contributed by atoms with Crippen LogP contribution in [0.25, 0.3) is 0 Å². The highest BCUT2D eigenvalue weighted by Crippen LogP contribution is 2.36. The van der Waals surface area contributed by atoms with Gasteiger partial charge in [-0.1, -0.05) is 42.4 Å². The topological polar surface area (TPSA) is 13.1 Å². The normalized spacial score (nSPS) is 11.9. The molecule has 0 aromatic carbocycles. The van der Waals surface area contributed by atoms with Crippen molar-refractivity contribution in [2.75, 3.05) is 0 Å². The van der Waals surface area contributed by atoms with Crippen LogP contribution in [0.5, 0.6) is 0 Å². The number of furan rings is 1. The average molecular weight is 202 g/mol. The third-order valence-corrected chi connectivity index (χ3v) is 4.32. The van der Waals surface area contributed by atoms with Gasteiger partial charge in [0.25, 0.3) is 0 Å². The molecule has 12 heavy (non-hydrogen) atoms. The standard InChI is InChI=1S/C9H14OS2/c1-9(2,3)12-11-7-8-5-4-6-10-8/h4-6H,7H2,1-3H3. The van der Waals surface area contributed by atoms with Gasteiger partial charge in [-0.25, -0.2) is 0 Å². The maximum atomic E-state index is 5.21. The van der Waals surface area contributed by atoms with Crippen LogP contribution in [0.3, 0.4) is 0 Å². The Hall–Kier alpha value is -0.0200. The largest absolute Gasteiger partial charge is 0.468 e. The lowest BCUT2D eigenvalue weighted by Gasteiger charge is -2.15. The van der Waals surface area contributed by atoms with E-state index in [2.05, 4.69) is 20.8 Å². The predicted octanol–water partition coefficient (Wildman–Crippen LogP) is 3.96. The smallest absolute Gasteiger partial charge is 0.114 e. The van der Waals surface area contributed by atoms with Gasteiger partial charge in [0.1, 0.15) is 5.76 Å². The van der Waals surface area contributed by atoms with Crippen molar-refractivity contribution in [2.24, 2.45) is 0 Å². The van der Waals surface area contributed by atoms with Crippen molar-refractivity contribution in [2.45, 2.75) is 31.3 Å². The van der Waals surface area contributed by atoms with Crippen LogP contribution in [0.2, 0.25) is 0 Å². The first kappa shape index (κ1) is 10.1. The molecule has 1 nitrogen and oxygen atoms in total. The van der Waals surface area contributed by atoms with Crippen LogP contribution in [0.15, 0.2) is 22.8 Å². The molecule has 0 spiro atoms. The Kier molecular flexibility index (Phi) is 3.59. The molecule has 0 unspecified atom stereocenters. The molecule has 0 atom stereocenters. The fraction of sp³-hybridized carbons (Fsp3) is 0.556. The van der Waals surface area contributed by atoms with E-state index in [-0.39, 0.29) is 0 Å². The molecule has 0 amide bonds. The summed E-state index contributed by atoms with van der Waals surface area (Å²) in [5, 5.41) is 0. The molecule has 1 aromatic rings. The Bertz CT molecular complexity index is 211. The van der Waals surface area contributed by atoms with Gasteiger partial charge in [0.15, 0.2) is 0 Å². The number of hydrogen-bond donors (Lipinski definition) is 0. The second kappa shape index (κ2) is 4.28. The first-order chi connectivity index (χ1) is 5.58. The van der Waals surface area contributed by atoms with Gasteiger partial charge in [-0.2, -0.15) is 0 Å². The molecule has 0 saturated heterocycles. The van der Waals surface area contributed by atoms with Gasteiger partial charge in [0.2, 0.25) is 0 Å². The third-order valence-electron chi connectivity index (χ3n) is 1.09. The van der Waals surface area contributed by atoms with Crippen LogP contribution in [0, 0.1) is 0 Å². The van der Waals surface area contributed by atoms with Crippen LogP contribution in [0.1, 0.15) is 26.5 Å². The predicted molar refractivity (Wildman–Crippen MR) is 57.3 cm³/mol. The molecule has 1 aromatic heterocycles. The Labute approximate surface area is 81.7 Å². The van der Waals surface area contributed by atoms with Crippen LogP contribution in [-0.2, 0) is 5.75 Å². The van der Waals surface area contributed by atoms with Gasteiger partial charge in [0.05, 0.1) is 12.0 Å². The monoisotopic (exact) mass is 202 g/mol. The summed E-state index contributed by atoms with van der Waals surface area (Å²) < 4.78 is 5.54. The van der Waals surface area contributed by atoms with Gasteiger partial charge in [0, 0.05) is 4.75 Å². The van der Waals surface area contributed by atoms with E-state index < -0.39 is 0 Å². The average Bonchev–Trinajstić information content (AvgIpc) is 2.36. The second-order valence-corrected chi connectivity index (χ2v) is 6.66. The molecule has 0 bridgehead atoms. The van der Waals surface area contributed by atoms with E-state index >= 15 is 0 Å². The lowest BCUT2D eigenvalue weighted by Crippen LogP contribution is -2.04. The zero-order valence-electron chi connectivity index (χ0n) is 7.66. The molecular weight excluding hydrogens is 188 g/mol. The molecule has 0 aliphatic carbocycles. The maximum absolute atomic E-state index is 5.21. The number of rotatable bonds is 3. The van der Waals surface area contributed by atoms with Gasteiger partial charge in [-0.05, 0) is 12.1 Å². The van der Waals surface area contributed by atoms with E-state index in [9.17, 15) is 0 Å². The van der Waals surface area contributed by atoms with E-state index in [1.807, 2.05) is 33.7 Å². The summed E-state index contributed by atoms with van der Waals surface area (Å²) in [6.07, 6.45) is 1.72. The highest BCUT2D eigenvalue weighted by atomic mass is 33.1. The summed E-state index contributed by atoms with van der Waals surface area (Å²) in [5.74, 6) is 2.01. The molecule has 3 heteroatoms. The van der Waals surface area contributed by atoms with Crippen molar-refractivity contribution < 1.29 is 4.42 Å². The molecule has 0 saturated carbocycles. The molecule has 1 heterocycles. The fourth-order valence-corrected chi connectivity index (χ4v) is 2.94. The number of hydrogen-bond acceptors (Lipinski definition) is 3. The molecule has 0 fully saturated rings. The van der Waals surface area contributed by atoms with Gasteiger partial charge in [-0.3, -0.25) is 0 Å². The minimum absolute atomic E-state index is 0.331. The van der Waals surface area contributed by atoms with E-state index in [1.54, 1.807) is 6.26 Å². The summed E-state index contributed by atoms with van der Waals surface area (Å²) >= 11 is 0. The highest BCUT2D eigenvalue weighted by Gasteiger charge is 2.10. The maximum Gasteiger partial charge on any atom is 0.114 e. The first-order valence-corrected chi connectivity index (χ1v) is 6.23. The van der Waals surface area contributed by atoms with Crippen LogP contribution < -0.4 is 0 Å². The van der Waals surface area contributed by atoms with Crippen molar-refractivity contribution in [3.8, 4) is 0 Å². The van der Waals surface area contributed by atoms with Crippen molar-refractivity contribution in [3.63, 3.8) is 0 Å². The van der Waals surface area contributed by atoms with Crippen LogP contribution in [-0.4, -0.2) is 4.75 Å². The SMILES string of the molecule is CC(C)(C)SSCc1ccco1. The van der Waals surface area contributed by atoms with Gasteiger partial charge >= 0.3 is 0 Å². The minimum atomic E-state index is 0.331. The van der Waals surface area contributed by atoms with Crippen LogP contribution >= 0.6 is 21.6 Å². The summed E-state index contributed by atoms with van der Waals surface area (Å²) in [6, 6.07) is 3.94. The lowest BCUT2D eigenvalue weighted by atomic mass is 10.3. The lowest BCUT2D eigenvalue weighted by molar-refractivity contribution is 0.530. The van der Waals surface area contributed by atoms with Crippen molar-refractivity contribution in [1.82, 2.24) is 0 Å². The molecule has 0 N–H and O–H groups in total. The third kappa shape index (κ3) is 4.12. The summed E-state index contributed by atoms with van der Waals surface area (Å²) in [5.41, 5.74) is 0. The van der Waals surface area contributed by atoms with Gasteiger partial charge in [-0.15, -0.1) is 0 Å². The molecular formula is C9H14OS2. The highest BCUT2D eigenvalue weighted by molar-refractivity contribution is 8.76. The van der Waals surface area contributed by atoms with E-state index in [0.717, 1.165) is 11.5 Å². The van der Waals surface area contributed by atoms with Crippen LogP contribution in [0.4, 0.5) is 0 Å². The summed E-state index contributed by atoms with van der Waals surface area (Å²) in [4.78, 5) is 0. The van der Waals surface area contributed by atoms with E-state index in [0.29, 0.717) is 4.75 Å². The molecule has 0 aliphatic heterocycles. The minimum Gasteiger partial charge on any atom is -0.468 e. The van der Waals surface area contributed by atoms with E-state index in [4.69, 9.17) is 4.42 Å². The Balaban J connectivity index is 2.20. The van der Waals surface area contributed by atoms with Crippen molar-refractivity contribution in [1.29, 1.82) is 0 Å². The summed E-state index contributed by atoms with van der Waals surface area (Å²) in [6.45, 7) is 6.65. The molecule has 0 aliphatic rings. The molecule has 0 radical (unpaired) electrons. The Morgan fingerprint density at radius 2 is 2.17 bits per heavy atom.